The largest absolute Gasteiger partial charge is 0.388 e. The minimum atomic E-state index is -1.01. The third kappa shape index (κ3) is 3.49. The van der Waals surface area contributed by atoms with Gasteiger partial charge in [-0.1, -0.05) is 30.3 Å². The molecule has 0 saturated carbocycles. The molecule has 3 nitrogen and oxygen atoms in total. The molecule has 0 amide bonds. The molecular weight excluding hydrogens is 221 g/mol. The second kappa shape index (κ2) is 6.10. The van der Waals surface area contributed by atoms with Gasteiger partial charge in [0.2, 0.25) is 0 Å². The van der Waals surface area contributed by atoms with Crippen molar-refractivity contribution in [1.29, 1.82) is 0 Å². The van der Waals surface area contributed by atoms with Crippen molar-refractivity contribution >= 4 is 0 Å². The molecule has 2 atom stereocenters. The van der Waals surface area contributed by atoms with Crippen LogP contribution in [0, 0.1) is 0 Å². The number of aliphatic hydroxyl groups excluding tert-OH is 1. The summed E-state index contributed by atoms with van der Waals surface area (Å²) in [7, 11) is 0. The first-order valence-corrected chi connectivity index (χ1v) is 5.91. The van der Waals surface area contributed by atoms with E-state index in [1.165, 1.54) is 5.56 Å². The van der Waals surface area contributed by atoms with E-state index in [2.05, 4.69) is 17.0 Å². The van der Waals surface area contributed by atoms with Crippen LogP contribution in [0.4, 0.5) is 4.39 Å². The van der Waals surface area contributed by atoms with Crippen LogP contribution in [-0.2, 0) is 11.3 Å². The van der Waals surface area contributed by atoms with Crippen molar-refractivity contribution in [2.45, 2.75) is 18.8 Å². The highest BCUT2D eigenvalue weighted by atomic mass is 19.1. The van der Waals surface area contributed by atoms with Gasteiger partial charge in [0.15, 0.2) is 0 Å². The van der Waals surface area contributed by atoms with Crippen molar-refractivity contribution in [2.75, 3.05) is 26.4 Å². The lowest BCUT2D eigenvalue weighted by atomic mass is 10.1. The minimum Gasteiger partial charge on any atom is -0.388 e. The highest BCUT2D eigenvalue weighted by Crippen LogP contribution is 2.13. The molecule has 1 heterocycles. The van der Waals surface area contributed by atoms with Gasteiger partial charge >= 0.3 is 0 Å². The van der Waals surface area contributed by atoms with E-state index in [-0.39, 0.29) is 0 Å². The Balaban J connectivity index is 1.89. The molecule has 0 aliphatic carbocycles. The number of halogens is 1. The highest BCUT2D eigenvalue weighted by molar-refractivity contribution is 5.14. The zero-order chi connectivity index (χ0) is 12.1. The summed E-state index contributed by atoms with van der Waals surface area (Å²) in [5, 5.41) is 9.44. The lowest BCUT2D eigenvalue weighted by molar-refractivity contribution is -0.0952. The molecule has 0 bridgehead atoms. The Morgan fingerprint density at radius 3 is 2.88 bits per heavy atom. The maximum absolute atomic E-state index is 12.4. The molecule has 2 rings (SSSR count). The van der Waals surface area contributed by atoms with Gasteiger partial charge in [0.1, 0.15) is 12.8 Å². The zero-order valence-corrected chi connectivity index (χ0v) is 9.76. The lowest BCUT2D eigenvalue weighted by Gasteiger charge is -2.34. The molecular formula is C13H18FNO2. The lowest BCUT2D eigenvalue weighted by Crippen LogP contribution is -2.47. The summed E-state index contributed by atoms with van der Waals surface area (Å²) >= 11 is 0. The van der Waals surface area contributed by atoms with Crippen molar-refractivity contribution < 1.29 is 14.2 Å². The Kier molecular flexibility index (Phi) is 4.48. The Hall–Kier alpha value is -0.970. The molecule has 1 aromatic rings. The zero-order valence-electron chi connectivity index (χ0n) is 9.76. The van der Waals surface area contributed by atoms with E-state index in [0.29, 0.717) is 13.2 Å². The number of aliphatic hydroxyl groups is 1. The Morgan fingerprint density at radius 1 is 1.41 bits per heavy atom. The molecule has 4 heteroatoms. The second-order valence-electron chi connectivity index (χ2n) is 4.35. The van der Waals surface area contributed by atoms with Crippen LogP contribution in [0.3, 0.4) is 0 Å². The van der Waals surface area contributed by atoms with Crippen LogP contribution >= 0.6 is 0 Å². The predicted octanol–water partition coefficient (Wildman–Crippen LogP) is 1.22. The average Bonchev–Trinajstić information content (AvgIpc) is 2.39. The number of nitrogens with zero attached hydrogens (tertiary/aromatic N) is 1. The fraction of sp³-hybridized carbons (Fsp3) is 0.538. The molecule has 2 unspecified atom stereocenters. The minimum absolute atomic E-state index is 0.405. The first-order valence-electron chi connectivity index (χ1n) is 5.91. The van der Waals surface area contributed by atoms with Gasteiger partial charge in [0.25, 0.3) is 0 Å². The molecule has 1 aliphatic heterocycles. The van der Waals surface area contributed by atoms with E-state index in [4.69, 9.17) is 4.74 Å². The van der Waals surface area contributed by atoms with Crippen LogP contribution in [0.15, 0.2) is 30.3 Å². The van der Waals surface area contributed by atoms with Gasteiger partial charge < -0.3 is 9.84 Å². The highest BCUT2D eigenvalue weighted by Gasteiger charge is 2.26. The molecule has 1 saturated heterocycles. The van der Waals surface area contributed by atoms with E-state index >= 15 is 0 Å². The number of hydrogen-bond acceptors (Lipinski definition) is 3. The van der Waals surface area contributed by atoms with Gasteiger partial charge in [0.05, 0.1) is 12.7 Å². The average molecular weight is 239 g/mol. The van der Waals surface area contributed by atoms with Crippen molar-refractivity contribution in [1.82, 2.24) is 4.90 Å². The van der Waals surface area contributed by atoms with E-state index in [9.17, 15) is 9.50 Å². The summed E-state index contributed by atoms with van der Waals surface area (Å²) in [4.78, 5) is 2.18. The standard InChI is InChI=1S/C13H18FNO2/c14-8-12(16)13-10-15(6-7-17-13)9-11-4-2-1-3-5-11/h1-5,12-13,16H,6-10H2. The molecule has 1 aromatic carbocycles. The SMILES string of the molecule is OC(CF)C1CN(Cc2ccccc2)CCO1. The molecule has 0 spiro atoms. The topological polar surface area (TPSA) is 32.7 Å². The van der Waals surface area contributed by atoms with Crippen LogP contribution < -0.4 is 0 Å². The van der Waals surface area contributed by atoms with Gasteiger partial charge in [-0.15, -0.1) is 0 Å². The summed E-state index contributed by atoms with van der Waals surface area (Å²) in [6.07, 6.45) is -1.41. The number of ether oxygens (including phenoxy) is 1. The van der Waals surface area contributed by atoms with Crippen LogP contribution in [0.1, 0.15) is 5.56 Å². The fourth-order valence-corrected chi connectivity index (χ4v) is 2.05. The number of hydrogen-bond donors (Lipinski definition) is 1. The first kappa shape index (κ1) is 12.5. The Bertz CT molecular complexity index is 333. The van der Waals surface area contributed by atoms with Crippen molar-refractivity contribution in [2.24, 2.45) is 0 Å². The van der Waals surface area contributed by atoms with Crippen molar-refractivity contribution in [3.63, 3.8) is 0 Å². The van der Waals surface area contributed by atoms with Crippen LogP contribution in [-0.4, -0.2) is 48.6 Å². The summed E-state index contributed by atoms with van der Waals surface area (Å²) < 4.78 is 17.7. The van der Waals surface area contributed by atoms with Crippen molar-refractivity contribution in [3.8, 4) is 0 Å². The van der Waals surface area contributed by atoms with Crippen LogP contribution in [0.2, 0.25) is 0 Å². The molecule has 94 valence electrons. The van der Waals surface area contributed by atoms with Gasteiger partial charge in [0, 0.05) is 19.6 Å². The van der Waals surface area contributed by atoms with E-state index in [1.807, 2.05) is 18.2 Å². The summed E-state index contributed by atoms with van der Waals surface area (Å²) in [5.41, 5.74) is 1.22. The molecule has 1 aliphatic rings. The molecule has 0 aromatic heterocycles. The predicted molar refractivity (Wildman–Crippen MR) is 63.4 cm³/mol. The number of rotatable bonds is 4. The van der Waals surface area contributed by atoms with Gasteiger partial charge in [-0.25, -0.2) is 4.39 Å². The van der Waals surface area contributed by atoms with E-state index in [1.54, 1.807) is 0 Å². The quantitative estimate of drug-likeness (QED) is 0.857. The van der Waals surface area contributed by atoms with E-state index in [0.717, 1.165) is 13.1 Å². The Labute approximate surface area is 101 Å². The summed E-state index contributed by atoms with van der Waals surface area (Å²) in [6, 6.07) is 10.1. The summed E-state index contributed by atoms with van der Waals surface area (Å²) in [6.45, 7) is 2.03. The molecule has 1 N–H and O–H groups in total. The first-order chi connectivity index (χ1) is 8.29. The molecule has 0 radical (unpaired) electrons. The number of morpholine rings is 1. The van der Waals surface area contributed by atoms with E-state index < -0.39 is 18.9 Å². The monoisotopic (exact) mass is 239 g/mol. The van der Waals surface area contributed by atoms with Gasteiger partial charge in [-0.2, -0.15) is 0 Å². The maximum Gasteiger partial charge on any atom is 0.118 e. The molecule has 17 heavy (non-hydrogen) atoms. The Morgan fingerprint density at radius 2 is 2.18 bits per heavy atom. The fourth-order valence-electron chi connectivity index (χ4n) is 2.05. The van der Waals surface area contributed by atoms with Gasteiger partial charge in [-0.3, -0.25) is 4.90 Å². The third-order valence-corrected chi connectivity index (χ3v) is 3.01. The van der Waals surface area contributed by atoms with Crippen molar-refractivity contribution in [3.05, 3.63) is 35.9 Å². The third-order valence-electron chi connectivity index (χ3n) is 3.01. The van der Waals surface area contributed by atoms with Crippen LogP contribution in [0.25, 0.3) is 0 Å². The van der Waals surface area contributed by atoms with Crippen LogP contribution in [0.5, 0.6) is 0 Å². The number of alkyl halides is 1. The van der Waals surface area contributed by atoms with Gasteiger partial charge in [-0.05, 0) is 5.56 Å². The normalized spacial score (nSPS) is 23.5. The number of benzene rings is 1. The maximum atomic E-state index is 12.4. The smallest absolute Gasteiger partial charge is 0.118 e. The second-order valence-corrected chi connectivity index (χ2v) is 4.35. The summed E-state index contributed by atoms with van der Waals surface area (Å²) in [5.74, 6) is 0. The molecule has 1 fully saturated rings.